The summed E-state index contributed by atoms with van der Waals surface area (Å²) in [6.07, 6.45) is 0. The minimum absolute atomic E-state index is 0.0773. The summed E-state index contributed by atoms with van der Waals surface area (Å²) in [7, 11) is 0. The zero-order valence-corrected chi connectivity index (χ0v) is 12.1. The molecular weight excluding hydrogens is 262 g/mol. The number of rotatable bonds is 2. The predicted octanol–water partition coefficient (Wildman–Crippen LogP) is 4.17. The van der Waals surface area contributed by atoms with Crippen molar-refractivity contribution in [3.8, 4) is 11.3 Å². The van der Waals surface area contributed by atoms with Crippen LogP contribution in [0.25, 0.3) is 22.3 Å². The second-order valence-corrected chi connectivity index (χ2v) is 5.51. The molecule has 2 N–H and O–H groups in total. The number of nitrogen functional groups attached to an aromatic ring is 1. The summed E-state index contributed by atoms with van der Waals surface area (Å²) < 4.78 is 5.83. The molecule has 1 aromatic heterocycles. The van der Waals surface area contributed by atoms with Crippen LogP contribution in [0.3, 0.4) is 0 Å². The summed E-state index contributed by atoms with van der Waals surface area (Å²) in [6, 6.07) is 14.7. The van der Waals surface area contributed by atoms with Crippen molar-refractivity contribution in [1.29, 1.82) is 0 Å². The molecule has 3 rings (SSSR count). The lowest BCUT2D eigenvalue weighted by Gasteiger charge is -2.07. The lowest BCUT2D eigenvalue weighted by Crippen LogP contribution is -2.01. The highest BCUT2D eigenvalue weighted by Gasteiger charge is 2.08. The maximum Gasteiger partial charge on any atom is 0.193 e. The standard InChI is InChI=1S/C18H17NO2/c1-11(2)12-3-5-13(6-4-12)18-10-16(20)15-9-14(19)7-8-17(15)21-18/h3-11H,19H2,1-2H3. The van der Waals surface area contributed by atoms with E-state index in [1.165, 1.54) is 11.6 Å². The van der Waals surface area contributed by atoms with Crippen LogP contribution in [-0.4, -0.2) is 0 Å². The van der Waals surface area contributed by atoms with Gasteiger partial charge in [0.25, 0.3) is 0 Å². The third-order valence-electron chi connectivity index (χ3n) is 3.61. The van der Waals surface area contributed by atoms with Crippen LogP contribution < -0.4 is 11.2 Å². The van der Waals surface area contributed by atoms with Crippen molar-refractivity contribution in [2.24, 2.45) is 0 Å². The fourth-order valence-electron chi connectivity index (χ4n) is 2.35. The SMILES string of the molecule is CC(C)c1ccc(-c2cc(=O)c3cc(N)ccc3o2)cc1. The van der Waals surface area contributed by atoms with Crippen molar-refractivity contribution in [2.45, 2.75) is 19.8 Å². The predicted molar refractivity (Wildman–Crippen MR) is 86.4 cm³/mol. The van der Waals surface area contributed by atoms with Crippen molar-refractivity contribution in [2.75, 3.05) is 5.73 Å². The Morgan fingerprint density at radius 2 is 1.71 bits per heavy atom. The summed E-state index contributed by atoms with van der Waals surface area (Å²) in [5.74, 6) is 1.05. The third kappa shape index (κ3) is 2.55. The zero-order chi connectivity index (χ0) is 15.0. The van der Waals surface area contributed by atoms with Gasteiger partial charge in [-0.05, 0) is 29.7 Å². The van der Waals surface area contributed by atoms with E-state index in [1.807, 2.05) is 12.1 Å². The van der Waals surface area contributed by atoms with Gasteiger partial charge in [-0.15, -0.1) is 0 Å². The minimum Gasteiger partial charge on any atom is -0.456 e. The van der Waals surface area contributed by atoms with Gasteiger partial charge in [0.2, 0.25) is 0 Å². The van der Waals surface area contributed by atoms with Crippen molar-refractivity contribution in [3.05, 3.63) is 64.3 Å². The van der Waals surface area contributed by atoms with Crippen molar-refractivity contribution in [3.63, 3.8) is 0 Å². The van der Waals surface area contributed by atoms with E-state index in [2.05, 4.69) is 26.0 Å². The molecule has 0 unspecified atom stereocenters. The first-order valence-electron chi connectivity index (χ1n) is 6.98. The van der Waals surface area contributed by atoms with Gasteiger partial charge in [-0.25, -0.2) is 0 Å². The molecule has 2 aromatic carbocycles. The smallest absolute Gasteiger partial charge is 0.193 e. The number of hydrogen-bond donors (Lipinski definition) is 1. The fraction of sp³-hybridized carbons (Fsp3) is 0.167. The highest BCUT2D eigenvalue weighted by atomic mass is 16.3. The number of nitrogens with two attached hydrogens (primary N) is 1. The van der Waals surface area contributed by atoms with E-state index in [0.29, 0.717) is 28.3 Å². The van der Waals surface area contributed by atoms with E-state index < -0.39 is 0 Å². The molecule has 0 radical (unpaired) electrons. The Hall–Kier alpha value is -2.55. The van der Waals surface area contributed by atoms with Gasteiger partial charge in [0.1, 0.15) is 11.3 Å². The van der Waals surface area contributed by atoms with Gasteiger partial charge < -0.3 is 10.2 Å². The largest absolute Gasteiger partial charge is 0.456 e. The minimum atomic E-state index is -0.0773. The molecule has 0 atom stereocenters. The molecule has 21 heavy (non-hydrogen) atoms. The average molecular weight is 279 g/mol. The number of benzene rings is 2. The zero-order valence-electron chi connectivity index (χ0n) is 12.1. The average Bonchev–Trinajstić information content (AvgIpc) is 2.48. The molecule has 106 valence electrons. The van der Waals surface area contributed by atoms with Crippen LogP contribution in [0.1, 0.15) is 25.3 Å². The maximum absolute atomic E-state index is 12.2. The molecule has 0 aliphatic rings. The molecule has 1 heterocycles. The Morgan fingerprint density at radius 3 is 2.38 bits per heavy atom. The molecule has 3 heteroatoms. The van der Waals surface area contributed by atoms with Crippen LogP contribution in [0.4, 0.5) is 5.69 Å². The van der Waals surface area contributed by atoms with Gasteiger partial charge >= 0.3 is 0 Å². The van der Waals surface area contributed by atoms with Gasteiger partial charge in [0.05, 0.1) is 5.39 Å². The van der Waals surface area contributed by atoms with E-state index in [4.69, 9.17) is 10.2 Å². The quantitative estimate of drug-likeness (QED) is 0.716. The first-order valence-corrected chi connectivity index (χ1v) is 6.98. The normalized spacial score (nSPS) is 11.2. The van der Waals surface area contributed by atoms with E-state index in [0.717, 1.165) is 5.56 Å². The van der Waals surface area contributed by atoms with Crippen molar-refractivity contribution < 1.29 is 4.42 Å². The van der Waals surface area contributed by atoms with Crippen molar-refractivity contribution in [1.82, 2.24) is 0 Å². The third-order valence-corrected chi connectivity index (χ3v) is 3.61. The van der Waals surface area contributed by atoms with E-state index in [1.54, 1.807) is 18.2 Å². The first kappa shape index (κ1) is 13.4. The topological polar surface area (TPSA) is 56.2 Å². The molecule has 0 aliphatic carbocycles. The molecule has 0 amide bonds. The molecule has 0 saturated heterocycles. The van der Waals surface area contributed by atoms with Crippen LogP contribution in [0.15, 0.2) is 57.7 Å². The lowest BCUT2D eigenvalue weighted by atomic mass is 10.0. The van der Waals surface area contributed by atoms with E-state index in [-0.39, 0.29) is 5.43 Å². The van der Waals surface area contributed by atoms with Crippen molar-refractivity contribution >= 4 is 16.7 Å². The Bertz CT molecular complexity index is 845. The fourth-order valence-corrected chi connectivity index (χ4v) is 2.35. The van der Waals surface area contributed by atoms with Crippen LogP contribution >= 0.6 is 0 Å². The van der Waals surface area contributed by atoms with Crippen LogP contribution in [0.2, 0.25) is 0 Å². The highest BCUT2D eigenvalue weighted by Crippen LogP contribution is 2.25. The Morgan fingerprint density at radius 1 is 1.00 bits per heavy atom. The Kier molecular flexibility index (Phi) is 3.26. The van der Waals surface area contributed by atoms with Crippen LogP contribution in [-0.2, 0) is 0 Å². The van der Waals surface area contributed by atoms with Crippen LogP contribution in [0, 0.1) is 0 Å². The van der Waals surface area contributed by atoms with E-state index in [9.17, 15) is 4.79 Å². The molecular formula is C18H17NO2. The summed E-state index contributed by atoms with van der Waals surface area (Å²) in [4.78, 5) is 12.2. The number of fused-ring (bicyclic) bond motifs is 1. The number of anilines is 1. The molecule has 3 nitrogen and oxygen atoms in total. The highest BCUT2D eigenvalue weighted by molar-refractivity contribution is 5.81. The molecule has 0 bridgehead atoms. The summed E-state index contributed by atoms with van der Waals surface area (Å²) in [5.41, 5.74) is 8.90. The Labute approximate surface area is 123 Å². The second kappa shape index (κ2) is 5.09. The Balaban J connectivity index is 2.12. The number of hydrogen-bond acceptors (Lipinski definition) is 3. The second-order valence-electron chi connectivity index (χ2n) is 5.51. The van der Waals surface area contributed by atoms with Gasteiger partial charge in [0, 0.05) is 17.3 Å². The van der Waals surface area contributed by atoms with Gasteiger partial charge in [-0.2, -0.15) is 0 Å². The molecule has 0 aliphatic heterocycles. The summed E-state index contributed by atoms with van der Waals surface area (Å²) >= 11 is 0. The summed E-state index contributed by atoms with van der Waals surface area (Å²) in [5, 5.41) is 0.512. The molecule has 0 saturated carbocycles. The van der Waals surface area contributed by atoms with Gasteiger partial charge in [0.15, 0.2) is 5.43 Å². The van der Waals surface area contributed by atoms with Crippen LogP contribution in [0.5, 0.6) is 0 Å². The molecule has 3 aromatic rings. The first-order chi connectivity index (χ1) is 10.0. The molecule has 0 spiro atoms. The lowest BCUT2D eigenvalue weighted by molar-refractivity contribution is 0.619. The monoisotopic (exact) mass is 279 g/mol. The maximum atomic E-state index is 12.2. The summed E-state index contributed by atoms with van der Waals surface area (Å²) in [6.45, 7) is 4.30. The van der Waals surface area contributed by atoms with Gasteiger partial charge in [-0.1, -0.05) is 38.1 Å². The molecule has 0 fully saturated rings. The van der Waals surface area contributed by atoms with E-state index >= 15 is 0 Å². The van der Waals surface area contributed by atoms with Gasteiger partial charge in [-0.3, -0.25) is 4.79 Å².